The second-order valence-electron chi connectivity index (χ2n) is 13.5. The molecule has 0 fully saturated rings. The summed E-state index contributed by atoms with van der Waals surface area (Å²) in [6.07, 6.45) is 7.43. The first-order chi connectivity index (χ1) is 26.0. The average Bonchev–Trinajstić information content (AvgIpc) is 3.74. The SMILES string of the molecule is Cn1c(=O)c2c(-c3ccccc3)n3c(c2n(C)c1=O)C(c1cccc(F)c1F)=CCC3.Cn1c(=O)c2c(-c3ccccc3)n3c(c2n(C)c1=O)C=CCC3. The largest absolute Gasteiger partial charge is 0.338 e. The standard InChI is InChI=1S/C24H19F2N3O2.C18H17N3O2/c1-27-22-18(23(30)28(2)24(27)31)20(14-8-4-3-5-9-14)29-13-7-11-16(21(22)29)15-10-6-12-17(25)19(15)26;1-19-16-13-10-6-7-11-21(13)15(12-8-4-3-5-9-12)14(16)17(22)20(2)18(19)23/h3-6,8-12H,7,13H2,1-2H3;3-6,8-10H,7,11H2,1-2H3. The monoisotopic (exact) mass is 726 g/mol. The first kappa shape index (κ1) is 34.5. The van der Waals surface area contributed by atoms with Crippen molar-refractivity contribution >= 4 is 33.5 Å². The van der Waals surface area contributed by atoms with Crippen LogP contribution in [0.5, 0.6) is 0 Å². The molecule has 4 aromatic heterocycles. The summed E-state index contributed by atoms with van der Waals surface area (Å²) < 4.78 is 38.2. The number of rotatable bonds is 3. The summed E-state index contributed by atoms with van der Waals surface area (Å²) in [5.74, 6) is -1.90. The van der Waals surface area contributed by atoms with Gasteiger partial charge in [-0.1, -0.05) is 84.9 Å². The minimum Gasteiger partial charge on any atom is -0.338 e. The lowest BCUT2D eigenvalue weighted by Crippen LogP contribution is -2.36. The molecule has 0 amide bonds. The Bertz CT molecular complexity index is 2980. The van der Waals surface area contributed by atoms with E-state index in [9.17, 15) is 28.0 Å². The number of aryl methyl sites for hydroxylation is 2. The van der Waals surface area contributed by atoms with E-state index in [0.29, 0.717) is 51.7 Å². The highest BCUT2D eigenvalue weighted by Crippen LogP contribution is 2.41. The van der Waals surface area contributed by atoms with Gasteiger partial charge in [-0.2, -0.15) is 0 Å². The Morgan fingerprint density at radius 1 is 0.556 bits per heavy atom. The first-order valence-corrected chi connectivity index (χ1v) is 17.6. The molecule has 3 aromatic carbocycles. The molecule has 272 valence electrons. The van der Waals surface area contributed by atoms with Crippen LogP contribution in [0.3, 0.4) is 0 Å². The fraction of sp³-hybridized carbons (Fsp3) is 0.190. The fourth-order valence-electron chi connectivity index (χ4n) is 7.92. The lowest BCUT2D eigenvalue weighted by molar-refractivity contribution is 0.506. The van der Waals surface area contributed by atoms with E-state index in [4.69, 9.17) is 0 Å². The van der Waals surface area contributed by atoms with Gasteiger partial charge in [0.05, 0.1) is 44.6 Å². The molecule has 9 rings (SSSR count). The first-order valence-electron chi connectivity index (χ1n) is 17.6. The van der Waals surface area contributed by atoms with Crippen LogP contribution in [0.1, 0.15) is 29.8 Å². The molecule has 0 saturated carbocycles. The molecule has 0 saturated heterocycles. The zero-order valence-corrected chi connectivity index (χ0v) is 30.1. The van der Waals surface area contributed by atoms with Crippen molar-refractivity contribution in [2.45, 2.75) is 25.9 Å². The maximum atomic E-state index is 14.8. The van der Waals surface area contributed by atoms with Gasteiger partial charge in [-0.3, -0.25) is 27.9 Å². The van der Waals surface area contributed by atoms with Crippen LogP contribution in [0.25, 0.3) is 56.0 Å². The number of hydrogen-bond acceptors (Lipinski definition) is 4. The molecule has 0 atom stereocenters. The molecule has 0 spiro atoms. The second kappa shape index (κ2) is 13.1. The van der Waals surface area contributed by atoms with Gasteiger partial charge >= 0.3 is 11.4 Å². The van der Waals surface area contributed by atoms with Crippen molar-refractivity contribution in [1.29, 1.82) is 0 Å². The summed E-state index contributed by atoms with van der Waals surface area (Å²) in [4.78, 5) is 51.2. The van der Waals surface area contributed by atoms with Crippen molar-refractivity contribution < 1.29 is 8.78 Å². The Kier molecular flexibility index (Phi) is 8.40. The van der Waals surface area contributed by atoms with E-state index in [1.54, 1.807) is 18.7 Å². The zero-order valence-electron chi connectivity index (χ0n) is 30.1. The topological polar surface area (TPSA) is 97.9 Å². The van der Waals surface area contributed by atoms with Gasteiger partial charge < -0.3 is 9.13 Å². The van der Waals surface area contributed by atoms with E-state index in [2.05, 4.69) is 10.6 Å². The van der Waals surface area contributed by atoms with Gasteiger partial charge in [0.2, 0.25) is 0 Å². The highest BCUT2D eigenvalue weighted by Gasteiger charge is 2.30. The van der Waals surface area contributed by atoms with Gasteiger partial charge in [0.15, 0.2) is 11.6 Å². The molecule has 0 unspecified atom stereocenters. The molecular formula is C42H36F2N6O4. The van der Waals surface area contributed by atoms with Crippen molar-refractivity contribution in [3.63, 3.8) is 0 Å². The van der Waals surface area contributed by atoms with E-state index in [-0.39, 0.29) is 16.8 Å². The molecule has 10 nitrogen and oxygen atoms in total. The van der Waals surface area contributed by atoms with Crippen LogP contribution in [-0.4, -0.2) is 27.4 Å². The van der Waals surface area contributed by atoms with E-state index >= 15 is 0 Å². The Morgan fingerprint density at radius 3 is 1.70 bits per heavy atom. The van der Waals surface area contributed by atoms with Crippen molar-refractivity contribution in [2.75, 3.05) is 0 Å². The molecule has 2 aliphatic heterocycles. The third kappa shape index (κ3) is 5.12. The molecule has 0 aliphatic carbocycles. The van der Waals surface area contributed by atoms with Gasteiger partial charge in [-0.15, -0.1) is 0 Å². The van der Waals surface area contributed by atoms with Gasteiger partial charge in [0, 0.05) is 52.4 Å². The molecular weight excluding hydrogens is 690 g/mol. The number of aromatic nitrogens is 6. The van der Waals surface area contributed by atoms with Crippen LogP contribution in [0, 0.1) is 11.6 Å². The third-order valence-corrected chi connectivity index (χ3v) is 10.5. The summed E-state index contributed by atoms with van der Waals surface area (Å²) in [6, 6.07) is 23.4. The quantitative estimate of drug-likeness (QED) is 0.225. The molecule has 0 N–H and O–H groups in total. The van der Waals surface area contributed by atoms with E-state index in [1.165, 1.54) is 35.4 Å². The van der Waals surface area contributed by atoms with E-state index in [0.717, 1.165) is 46.1 Å². The molecule has 7 aromatic rings. The number of hydrogen-bond donors (Lipinski definition) is 0. The maximum absolute atomic E-state index is 14.8. The Morgan fingerprint density at radius 2 is 1.09 bits per heavy atom. The summed E-state index contributed by atoms with van der Waals surface area (Å²) in [7, 11) is 6.29. The summed E-state index contributed by atoms with van der Waals surface area (Å²) in [5.41, 5.74) is 5.14. The summed E-state index contributed by atoms with van der Waals surface area (Å²) in [6.45, 7) is 1.36. The number of benzene rings is 3. The van der Waals surface area contributed by atoms with Gasteiger partial charge in [-0.25, -0.2) is 18.4 Å². The van der Waals surface area contributed by atoms with Crippen molar-refractivity contribution in [3.05, 3.63) is 161 Å². The second-order valence-corrected chi connectivity index (χ2v) is 13.5. The minimum absolute atomic E-state index is 0.105. The summed E-state index contributed by atoms with van der Waals surface area (Å²) >= 11 is 0. The van der Waals surface area contributed by atoms with Gasteiger partial charge in [0.25, 0.3) is 11.1 Å². The van der Waals surface area contributed by atoms with Crippen molar-refractivity contribution in [2.24, 2.45) is 28.2 Å². The van der Waals surface area contributed by atoms with Crippen molar-refractivity contribution in [3.8, 4) is 22.5 Å². The number of allylic oxidation sites excluding steroid dienone is 2. The lowest BCUT2D eigenvalue weighted by Gasteiger charge is -2.21. The lowest BCUT2D eigenvalue weighted by atomic mass is 9.97. The van der Waals surface area contributed by atoms with Gasteiger partial charge in [-0.05, 0) is 36.1 Å². The van der Waals surface area contributed by atoms with Crippen LogP contribution in [-0.2, 0) is 41.3 Å². The number of halogens is 2. The molecule has 0 radical (unpaired) electrons. The van der Waals surface area contributed by atoms with Crippen LogP contribution in [0.2, 0.25) is 0 Å². The Labute approximate surface area is 307 Å². The Balaban J connectivity index is 0.000000160. The van der Waals surface area contributed by atoms with E-state index < -0.39 is 22.9 Å². The minimum atomic E-state index is -0.952. The maximum Gasteiger partial charge on any atom is 0.331 e. The van der Waals surface area contributed by atoms with Crippen molar-refractivity contribution in [1.82, 2.24) is 27.4 Å². The smallest absolute Gasteiger partial charge is 0.331 e. The predicted octanol–water partition coefficient (Wildman–Crippen LogP) is 5.94. The molecule has 6 heterocycles. The molecule has 54 heavy (non-hydrogen) atoms. The molecule has 0 bridgehead atoms. The number of fused-ring (bicyclic) bond motifs is 6. The van der Waals surface area contributed by atoms with Crippen LogP contribution >= 0.6 is 0 Å². The fourth-order valence-corrected chi connectivity index (χ4v) is 7.92. The average molecular weight is 727 g/mol. The van der Waals surface area contributed by atoms with Crippen LogP contribution in [0.15, 0.2) is 110 Å². The highest BCUT2D eigenvalue weighted by atomic mass is 19.2. The van der Waals surface area contributed by atoms with Gasteiger partial charge in [0.1, 0.15) is 0 Å². The third-order valence-electron chi connectivity index (χ3n) is 10.5. The van der Waals surface area contributed by atoms with Crippen LogP contribution in [0.4, 0.5) is 8.78 Å². The number of nitrogens with zero attached hydrogens (tertiary/aromatic N) is 6. The highest BCUT2D eigenvalue weighted by molar-refractivity contribution is 6.03. The molecule has 12 heteroatoms. The predicted molar refractivity (Wildman–Crippen MR) is 207 cm³/mol. The normalized spacial score (nSPS) is 13.4. The van der Waals surface area contributed by atoms with E-state index in [1.807, 2.05) is 77.4 Å². The van der Waals surface area contributed by atoms with Crippen LogP contribution < -0.4 is 22.5 Å². The zero-order chi connectivity index (χ0) is 38.0. The molecule has 2 aliphatic rings. The Hall–Kier alpha value is -6.56. The summed E-state index contributed by atoms with van der Waals surface area (Å²) in [5, 5.41) is 0.998.